The molecule has 0 aliphatic rings. The second-order valence-corrected chi connectivity index (χ2v) is 10.6. The Bertz CT molecular complexity index is 793. The molecule has 0 bridgehead atoms. The molecule has 1 rings (SSSR count). The van der Waals surface area contributed by atoms with E-state index in [1.807, 2.05) is 37.4 Å². The number of nitrogens with zero attached hydrogens (tertiary/aromatic N) is 1. The van der Waals surface area contributed by atoms with Crippen LogP contribution in [0.3, 0.4) is 0 Å². The van der Waals surface area contributed by atoms with Crippen molar-refractivity contribution >= 4 is 29.7 Å². The smallest absolute Gasteiger partial charge is 0.408 e. The molecular weight excluding hydrogens is 462 g/mol. The number of unbranched alkanes of at least 4 members (excludes halogenated alkanes) is 1. The molecule has 1 aromatic carbocycles. The standard InChI is InChI=1S/C27H45N3O4S/c1-8-11-17-28-24(31)23(21-14-12-20(10-3)13-15-21)30(18-9-2)25(32)22(16-19-35-7)29-26(33)34-27(4,5)6/h12-15,22-23H,8-11,16-19H2,1-7H3,(H,28,31)(H,29,33). The molecule has 1 aromatic rings. The van der Waals surface area contributed by atoms with Crippen molar-refractivity contribution in [1.29, 1.82) is 0 Å². The van der Waals surface area contributed by atoms with E-state index in [2.05, 4.69) is 24.5 Å². The zero-order valence-electron chi connectivity index (χ0n) is 22.6. The van der Waals surface area contributed by atoms with Crippen molar-refractivity contribution in [3.8, 4) is 0 Å². The minimum Gasteiger partial charge on any atom is -0.444 e. The Morgan fingerprint density at radius 1 is 1.06 bits per heavy atom. The second kappa shape index (κ2) is 15.7. The zero-order valence-corrected chi connectivity index (χ0v) is 23.4. The third kappa shape index (κ3) is 10.9. The van der Waals surface area contributed by atoms with Gasteiger partial charge in [0.25, 0.3) is 0 Å². The van der Waals surface area contributed by atoms with Crippen LogP contribution in [0, 0.1) is 0 Å². The first-order chi connectivity index (χ1) is 16.6. The van der Waals surface area contributed by atoms with Gasteiger partial charge in [0.1, 0.15) is 17.7 Å². The summed E-state index contributed by atoms with van der Waals surface area (Å²) in [6.07, 6.45) is 5.16. The van der Waals surface area contributed by atoms with E-state index in [1.165, 1.54) is 0 Å². The van der Waals surface area contributed by atoms with Crippen molar-refractivity contribution in [3.05, 3.63) is 35.4 Å². The fraction of sp³-hybridized carbons (Fsp3) is 0.667. The van der Waals surface area contributed by atoms with Crippen LogP contribution >= 0.6 is 11.8 Å². The number of hydrogen-bond acceptors (Lipinski definition) is 5. The number of carbonyl (C=O) groups is 3. The maximum absolute atomic E-state index is 13.9. The van der Waals surface area contributed by atoms with Gasteiger partial charge in [-0.05, 0) is 69.6 Å². The molecule has 0 spiro atoms. The summed E-state index contributed by atoms with van der Waals surface area (Å²) >= 11 is 1.60. The molecule has 0 aliphatic carbocycles. The van der Waals surface area contributed by atoms with Crippen molar-refractivity contribution in [3.63, 3.8) is 0 Å². The van der Waals surface area contributed by atoms with Gasteiger partial charge in [-0.1, -0.05) is 51.5 Å². The van der Waals surface area contributed by atoms with Crippen LogP contribution in [-0.2, 0) is 20.7 Å². The highest BCUT2D eigenvalue weighted by Gasteiger charge is 2.35. The molecule has 0 aliphatic heterocycles. The van der Waals surface area contributed by atoms with Gasteiger partial charge in [0.05, 0.1) is 0 Å². The van der Waals surface area contributed by atoms with Crippen LogP contribution in [0.2, 0.25) is 0 Å². The molecule has 35 heavy (non-hydrogen) atoms. The summed E-state index contributed by atoms with van der Waals surface area (Å²) < 4.78 is 5.41. The molecule has 0 heterocycles. The summed E-state index contributed by atoms with van der Waals surface area (Å²) in [4.78, 5) is 41.5. The van der Waals surface area contributed by atoms with Gasteiger partial charge in [-0.2, -0.15) is 11.8 Å². The first-order valence-corrected chi connectivity index (χ1v) is 14.1. The van der Waals surface area contributed by atoms with E-state index >= 15 is 0 Å². The predicted octanol–water partition coefficient (Wildman–Crippen LogP) is 5.09. The number of rotatable bonds is 14. The van der Waals surface area contributed by atoms with Crippen LogP contribution in [0.1, 0.15) is 84.4 Å². The van der Waals surface area contributed by atoms with Gasteiger partial charge >= 0.3 is 6.09 Å². The number of amides is 3. The molecule has 0 saturated carbocycles. The first-order valence-electron chi connectivity index (χ1n) is 12.7. The molecule has 8 heteroatoms. The lowest BCUT2D eigenvalue weighted by molar-refractivity contribution is -0.142. The van der Waals surface area contributed by atoms with Crippen molar-refractivity contribution in [2.24, 2.45) is 0 Å². The maximum atomic E-state index is 13.9. The average Bonchev–Trinajstić information content (AvgIpc) is 2.80. The van der Waals surface area contributed by atoms with Gasteiger partial charge in [0, 0.05) is 13.1 Å². The molecule has 2 atom stereocenters. The Hall–Kier alpha value is -2.22. The van der Waals surface area contributed by atoms with E-state index in [0.29, 0.717) is 31.7 Å². The van der Waals surface area contributed by atoms with Crippen molar-refractivity contribution in [2.45, 2.75) is 91.3 Å². The number of thioether (sulfide) groups is 1. The van der Waals surface area contributed by atoms with E-state index in [4.69, 9.17) is 4.74 Å². The van der Waals surface area contributed by atoms with Gasteiger partial charge in [0.2, 0.25) is 11.8 Å². The van der Waals surface area contributed by atoms with E-state index in [1.54, 1.807) is 37.4 Å². The van der Waals surface area contributed by atoms with Gasteiger partial charge in [-0.25, -0.2) is 4.79 Å². The van der Waals surface area contributed by atoms with Crippen molar-refractivity contribution in [1.82, 2.24) is 15.5 Å². The predicted molar refractivity (Wildman–Crippen MR) is 145 cm³/mol. The molecule has 2 unspecified atom stereocenters. The summed E-state index contributed by atoms with van der Waals surface area (Å²) in [5.74, 6) is 0.206. The van der Waals surface area contributed by atoms with Crippen LogP contribution in [0.25, 0.3) is 0 Å². The van der Waals surface area contributed by atoms with E-state index < -0.39 is 23.8 Å². The van der Waals surface area contributed by atoms with E-state index in [0.717, 1.165) is 30.4 Å². The normalized spacial score (nSPS) is 13.0. The number of alkyl carbamates (subject to hydrolysis) is 1. The Morgan fingerprint density at radius 3 is 2.23 bits per heavy atom. The third-order valence-corrected chi connectivity index (χ3v) is 6.08. The summed E-state index contributed by atoms with van der Waals surface area (Å²) in [5.41, 5.74) is 1.25. The molecule has 0 fully saturated rings. The highest BCUT2D eigenvalue weighted by molar-refractivity contribution is 7.98. The summed E-state index contributed by atoms with van der Waals surface area (Å²) in [6.45, 7) is 12.4. The second-order valence-electron chi connectivity index (χ2n) is 9.65. The first kappa shape index (κ1) is 30.8. The fourth-order valence-corrected chi connectivity index (χ4v) is 4.12. The minimum atomic E-state index is -0.787. The molecule has 0 saturated heterocycles. The van der Waals surface area contributed by atoms with E-state index in [-0.39, 0.29) is 11.8 Å². The van der Waals surface area contributed by atoms with Crippen LogP contribution in [-0.4, -0.2) is 59.5 Å². The van der Waals surface area contributed by atoms with Crippen LogP contribution < -0.4 is 10.6 Å². The van der Waals surface area contributed by atoms with Crippen LogP contribution in [0.4, 0.5) is 4.79 Å². The van der Waals surface area contributed by atoms with Crippen LogP contribution in [0.15, 0.2) is 24.3 Å². The third-order valence-electron chi connectivity index (χ3n) is 5.44. The monoisotopic (exact) mass is 507 g/mol. The molecule has 0 aromatic heterocycles. The van der Waals surface area contributed by atoms with Crippen LogP contribution in [0.5, 0.6) is 0 Å². The van der Waals surface area contributed by atoms with Gasteiger partial charge in [-0.3, -0.25) is 9.59 Å². The summed E-state index contributed by atoms with van der Waals surface area (Å²) in [6, 6.07) is 6.29. The molecule has 198 valence electrons. The summed E-state index contributed by atoms with van der Waals surface area (Å²) in [5, 5.41) is 5.77. The molecule has 0 radical (unpaired) electrons. The highest BCUT2D eigenvalue weighted by Crippen LogP contribution is 2.24. The van der Waals surface area contributed by atoms with Crippen molar-refractivity contribution in [2.75, 3.05) is 25.1 Å². The lowest BCUT2D eigenvalue weighted by atomic mass is 10.00. The molecule has 2 N–H and O–H groups in total. The summed E-state index contributed by atoms with van der Waals surface area (Å²) in [7, 11) is 0. The van der Waals surface area contributed by atoms with Gasteiger partial charge in [-0.15, -0.1) is 0 Å². The quantitative estimate of drug-likeness (QED) is 0.343. The zero-order chi connectivity index (χ0) is 26.4. The molecular formula is C27H45N3O4S. The minimum absolute atomic E-state index is 0.203. The van der Waals surface area contributed by atoms with Crippen molar-refractivity contribution < 1.29 is 19.1 Å². The Labute approximate surface area is 216 Å². The lowest BCUT2D eigenvalue weighted by Crippen LogP contribution is -2.53. The van der Waals surface area contributed by atoms with Gasteiger partial charge in [0.15, 0.2) is 0 Å². The molecule has 7 nitrogen and oxygen atoms in total. The Kier molecular flexibility index (Phi) is 13.8. The largest absolute Gasteiger partial charge is 0.444 e. The fourth-order valence-electron chi connectivity index (χ4n) is 3.64. The average molecular weight is 508 g/mol. The Morgan fingerprint density at radius 2 is 1.71 bits per heavy atom. The topological polar surface area (TPSA) is 87.7 Å². The number of nitrogens with one attached hydrogen (secondary N) is 2. The molecule has 3 amide bonds. The lowest BCUT2D eigenvalue weighted by Gasteiger charge is -2.34. The Balaban J connectivity index is 3.34. The highest BCUT2D eigenvalue weighted by atomic mass is 32.2. The maximum Gasteiger partial charge on any atom is 0.408 e. The van der Waals surface area contributed by atoms with E-state index in [9.17, 15) is 14.4 Å². The number of benzene rings is 1. The van der Waals surface area contributed by atoms with Gasteiger partial charge < -0.3 is 20.3 Å². The number of ether oxygens (including phenoxy) is 1. The number of aryl methyl sites for hydroxylation is 1. The SMILES string of the molecule is CCCCNC(=O)C(c1ccc(CC)cc1)N(CCC)C(=O)C(CCSC)NC(=O)OC(C)(C)C. The number of hydrogen-bond donors (Lipinski definition) is 2. The number of carbonyl (C=O) groups excluding carboxylic acids is 3.